The number of hydrogen-bond donors (Lipinski definition) is 1. The van der Waals surface area contributed by atoms with Crippen LogP contribution in [-0.2, 0) is 19.7 Å². The van der Waals surface area contributed by atoms with E-state index in [2.05, 4.69) is 15.2 Å². The van der Waals surface area contributed by atoms with E-state index in [9.17, 15) is 9.18 Å². The van der Waals surface area contributed by atoms with Crippen LogP contribution in [0.25, 0.3) is 0 Å². The second-order valence-electron chi connectivity index (χ2n) is 7.58. The van der Waals surface area contributed by atoms with Crippen molar-refractivity contribution in [3.63, 3.8) is 0 Å². The molecule has 0 aromatic heterocycles. The number of halogens is 2. The average molecular weight is 519 g/mol. The van der Waals surface area contributed by atoms with Crippen LogP contribution in [0.5, 0.6) is 0 Å². The van der Waals surface area contributed by atoms with Crippen molar-refractivity contribution >= 4 is 35.9 Å². The van der Waals surface area contributed by atoms with Gasteiger partial charge in [0.25, 0.3) is 0 Å². The third kappa shape index (κ3) is 5.81. The van der Waals surface area contributed by atoms with Gasteiger partial charge < -0.3 is 19.7 Å². The van der Waals surface area contributed by atoms with Crippen LogP contribution in [0.2, 0.25) is 0 Å². The van der Waals surface area contributed by atoms with E-state index < -0.39 is 0 Å². The summed E-state index contributed by atoms with van der Waals surface area (Å²) in [7, 11) is 3.22. The molecule has 0 spiro atoms. The lowest BCUT2D eigenvalue weighted by atomic mass is 9.74. The molecule has 29 heavy (non-hydrogen) atoms. The molecule has 8 heteroatoms. The topological polar surface area (TPSA) is 63.2 Å². The molecule has 0 atom stereocenters. The smallest absolute Gasteiger partial charge is 0.308 e. The Kier molecular flexibility index (Phi) is 9.13. The quantitative estimate of drug-likeness (QED) is 0.287. The summed E-state index contributed by atoms with van der Waals surface area (Å²) in [5.74, 6) is 0.472. The predicted molar refractivity (Wildman–Crippen MR) is 121 cm³/mol. The van der Waals surface area contributed by atoms with Gasteiger partial charge in [-0.3, -0.25) is 9.79 Å². The zero-order chi connectivity index (χ0) is 20.0. The first-order valence-electron chi connectivity index (χ1n) is 9.95. The van der Waals surface area contributed by atoms with Gasteiger partial charge in [0.1, 0.15) is 5.82 Å². The first-order valence-corrected chi connectivity index (χ1v) is 9.95. The number of carbonyl (C=O) groups excluding carboxylic acids is 1. The number of nitrogens with zero attached hydrogens (tertiary/aromatic N) is 2. The molecule has 0 aliphatic carbocycles. The number of guanidine groups is 1. The summed E-state index contributed by atoms with van der Waals surface area (Å²) in [6.07, 6.45) is 3.30. The van der Waals surface area contributed by atoms with Crippen LogP contribution in [0.1, 0.15) is 31.2 Å². The fourth-order valence-electron chi connectivity index (χ4n) is 4.21. The molecule has 2 heterocycles. The summed E-state index contributed by atoms with van der Waals surface area (Å²) >= 11 is 0. The van der Waals surface area contributed by atoms with Crippen LogP contribution in [0.15, 0.2) is 29.3 Å². The summed E-state index contributed by atoms with van der Waals surface area (Å²) in [4.78, 5) is 18.4. The van der Waals surface area contributed by atoms with E-state index in [0.717, 1.165) is 50.3 Å². The summed E-state index contributed by atoms with van der Waals surface area (Å²) in [5, 5.41) is 3.53. The maximum atomic E-state index is 13.4. The Morgan fingerprint density at radius 3 is 2.45 bits per heavy atom. The lowest BCUT2D eigenvalue weighted by Gasteiger charge is -2.40. The maximum absolute atomic E-state index is 13.4. The standard InChI is InChI=1S/C21H30FN3O3.HI/c1-23-20(25-11-7-16(8-12-25)19(26)27-2)24-15-21(9-13-28-14-10-21)17-3-5-18(22)6-4-17;/h3-6,16H,7-15H2,1-2H3,(H,23,24);1H. The first kappa shape index (κ1) is 23.9. The third-order valence-electron chi connectivity index (χ3n) is 6.03. The van der Waals surface area contributed by atoms with E-state index in [4.69, 9.17) is 9.47 Å². The molecule has 0 radical (unpaired) electrons. The minimum Gasteiger partial charge on any atom is -0.469 e. The summed E-state index contributed by atoms with van der Waals surface area (Å²) < 4.78 is 23.9. The van der Waals surface area contributed by atoms with Crippen LogP contribution < -0.4 is 5.32 Å². The lowest BCUT2D eigenvalue weighted by molar-refractivity contribution is -0.146. The van der Waals surface area contributed by atoms with Crippen molar-refractivity contribution in [2.45, 2.75) is 31.1 Å². The van der Waals surface area contributed by atoms with Gasteiger partial charge in [0.15, 0.2) is 5.96 Å². The lowest BCUT2D eigenvalue weighted by Crippen LogP contribution is -2.51. The summed E-state index contributed by atoms with van der Waals surface area (Å²) in [6, 6.07) is 6.82. The molecule has 162 valence electrons. The monoisotopic (exact) mass is 519 g/mol. The fourth-order valence-corrected chi connectivity index (χ4v) is 4.21. The van der Waals surface area contributed by atoms with Crippen molar-refractivity contribution in [1.82, 2.24) is 10.2 Å². The van der Waals surface area contributed by atoms with Gasteiger partial charge in [0.05, 0.1) is 13.0 Å². The number of aliphatic imine (C=N–C) groups is 1. The SMILES string of the molecule is CN=C(NCC1(c2ccc(F)cc2)CCOCC1)N1CCC(C(=O)OC)CC1.I. The predicted octanol–water partition coefficient (Wildman–Crippen LogP) is 2.95. The van der Waals surface area contributed by atoms with Crippen molar-refractivity contribution in [2.75, 3.05) is 47.0 Å². The van der Waals surface area contributed by atoms with Crippen LogP contribution in [-0.4, -0.2) is 63.8 Å². The highest BCUT2D eigenvalue weighted by atomic mass is 127. The molecule has 3 rings (SSSR count). The van der Waals surface area contributed by atoms with Crippen LogP contribution in [0, 0.1) is 11.7 Å². The van der Waals surface area contributed by atoms with E-state index >= 15 is 0 Å². The molecule has 0 bridgehead atoms. The maximum Gasteiger partial charge on any atom is 0.308 e. The Morgan fingerprint density at radius 2 is 1.90 bits per heavy atom. The molecular formula is C21H31FIN3O3. The Labute approximate surface area is 189 Å². The minimum absolute atomic E-state index is 0. The zero-order valence-electron chi connectivity index (χ0n) is 17.2. The molecule has 2 aliphatic rings. The molecule has 0 unspecified atom stereocenters. The number of nitrogens with one attached hydrogen (secondary N) is 1. The number of carbonyl (C=O) groups is 1. The Bertz CT molecular complexity index is 685. The van der Waals surface area contributed by atoms with Crippen LogP contribution in [0.4, 0.5) is 4.39 Å². The molecular weight excluding hydrogens is 488 g/mol. The Morgan fingerprint density at radius 1 is 1.28 bits per heavy atom. The van der Waals surface area contributed by atoms with Crippen molar-refractivity contribution < 1.29 is 18.7 Å². The molecule has 1 N–H and O–H groups in total. The van der Waals surface area contributed by atoms with Gasteiger partial charge in [-0.1, -0.05) is 12.1 Å². The van der Waals surface area contributed by atoms with Gasteiger partial charge in [-0.15, -0.1) is 24.0 Å². The molecule has 2 aliphatic heterocycles. The summed E-state index contributed by atoms with van der Waals surface area (Å²) in [6.45, 7) is 3.65. The van der Waals surface area contributed by atoms with Gasteiger partial charge in [-0.05, 0) is 43.4 Å². The highest BCUT2D eigenvalue weighted by Crippen LogP contribution is 2.34. The van der Waals surface area contributed by atoms with Gasteiger partial charge >= 0.3 is 5.97 Å². The van der Waals surface area contributed by atoms with Crippen molar-refractivity contribution in [3.8, 4) is 0 Å². The Balaban J connectivity index is 0.00000300. The van der Waals surface area contributed by atoms with Crippen molar-refractivity contribution in [3.05, 3.63) is 35.6 Å². The molecule has 2 fully saturated rings. The van der Waals surface area contributed by atoms with Crippen molar-refractivity contribution in [2.24, 2.45) is 10.9 Å². The van der Waals surface area contributed by atoms with E-state index in [0.29, 0.717) is 19.8 Å². The second kappa shape index (κ2) is 11.1. The number of ether oxygens (including phenoxy) is 2. The highest BCUT2D eigenvalue weighted by molar-refractivity contribution is 14.0. The van der Waals surface area contributed by atoms with E-state index in [-0.39, 0.29) is 47.1 Å². The number of hydrogen-bond acceptors (Lipinski definition) is 4. The Hall–Kier alpha value is -1.42. The molecule has 0 amide bonds. The number of piperidine rings is 1. The highest BCUT2D eigenvalue weighted by Gasteiger charge is 2.35. The van der Waals surface area contributed by atoms with Gasteiger partial charge in [0, 0.05) is 45.3 Å². The van der Waals surface area contributed by atoms with E-state index in [1.165, 1.54) is 19.2 Å². The fraction of sp³-hybridized carbons (Fsp3) is 0.619. The minimum atomic E-state index is -0.219. The zero-order valence-corrected chi connectivity index (χ0v) is 19.5. The van der Waals surface area contributed by atoms with Gasteiger partial charge in [-0.2, -0.15) is 0 Å². The molecule has 2 saturated heterocycles. The number of benzene rings is 1. The van der Waals surface area contributed by atoms with Crippen LogP contribution in [0.3, 0.4) is 0 Å². The van der Waals surface area contributed by atoms with Gasteiger partial charge in [0.2, 0.25) is 0 Å². The average Bonchev–Trinajstić information content (AvgIpc) is 2.75. The van der Waals surface area contributed by atoms with E-state index in [1.807, 2.05) is 12.1 Å². The number of rotatable bonds is 4. The van der Waals surface area contributed by atoms with Gasteiger partial charge in [-0.25, -0.2) is 4.39 Å². The molecule has 1 aromatic carbocycles. The third-order valence-corrected chi connectivity index (χ3v) is 6.03. The molecule has 0 saturated carbocycles. The molecule has 6 nitrogen and oxygen atoms in total. The largest absolute Gasteiger partial charge is 0.469 e. The normalized spacial score (nSPS) is 20.0. The number of methoxy groups -OCH3 is 1. The first-order chi connectivity index (χ1) is 13.6. The van der Waals surface area contributed by atoms with E-state index in [1.54, 1.807) is 7.05 Å². The molecule has 1 aromatic rings. The summed E-state index contributed by atoms with van der Waals surface area (Å²) in [5.41, 5.74) is 1.02. The van der Waals surface area contributed by atoms with Crippen molar-refractivity contribution in [1.29, 1.82) is 0 Å². The number of likely N-dealkylation sites (tertiary alicyclic amines) is 1. The van der Waals surface area contributed by atoms with Crippen LogP contribution >= 0.6 is 24.0 Å². The number of esters is 1. The second-order valence-corrected chi connectivity index (χ2v) is 7.58.